The summed E-state index contributed by atoms with van der Waals surface area (Å²) < 4.78 is 46.2. The molecule has 7 rings (SSSR count). The van der Waals surface area contributed by atoms with Gasteiger partial charge in [0.05, 0.1) is 21.0 Å². The number of carbonyl (C=O) groups excluding carboxylic acids is 1. The summed E-state index contributed by atoms with van der Waals surface area (Å²) in [6, 6.07) is 20.7. The minimum Gasteiger partial charge on any atom is -0.482 e. The van der Waals surface area contributed by atoms with E-state index in [0.717, 1.165) is 42.7 Å². The number of amides is 1. The highest BCUT2D eigenvalue weighted by molar-refractivity contribution is 7.89. The minimum absolute atomic E-state index is 0.0810. The van der Waals surface area contributed by atoms with E-state index in [-0.39, 0.29) is 39.4 Å². The number of aryl methyl sites for hydroxylation is 1. The zero-order valence-corrected chi connectivity index (χ0v) is 28.6. The first kappa shape index (κ1) is 33.0. The molecule has 3 aliphatic rings. The number of benzene rings is 3. The molecule has 48 heavy (non-hydrogen) atoms. The minimum atomic E-state index is -3.95. The van der Waals surface area contributed by atoms with Crippen LogP contribution in [0.3, 0.4) is 0 Å². The number of para-hydroxylation sites is 2. The molecule has 3 saturated heterocycles. The van der Waals surface area contributed by atoms with Gasteiger partial charge in [-0.25, -0.2) is 22.9 Å². The molecule has 2 unspecified atom stereocenters. The van der Waals surface area contributed by atoms with Crippen LogP contribution in [0.2, 0.25) is 5.02 Å². The van der Waals surface area contributed by atoms with E-state index in [1.54, 1.807) is 17.0 Å². The van der Waals surface area contributed by atoms with Crippen molar-refractivity contribution >= 4 is 38.6 Å². The van der Waals surface area contributed by atoms with E-state index >= 15 is 0 Å². The number of likely N-dealkylation sites (tertiary alicyclic amines) is 1. The second-order valence-electron chi connectivity index (χ2n) is 13.6. The van der Waals surface area contributed by atoms with Gasteiger partial charge in [0.25, 0.3) is 5.91 Å². The monoisotopic (exact) mass is 693 g/mol. The molecule has 0 spiro atoms. The van der Waals surface area contributed by atoms with Gasteiger partial charge in [0, 0.05) is 37.3 Å². The Hall–Kier alpha value is -3.51. The van der Waals surface area contributed by atoms with Gasteiger partial charge in [-0.2, -0.15) is 0 Å². The second-order valence-corrected chi connectivity index (χ2v) is 15.6. The molecule has 0 aliphatic carbocycles. The number of hydrogen-bond donors (Lipinski definition) is 1. The summed E-state index contributed by atoms with van der Waals surface area (Å²) >= 11 is 6.20. The number of carbonyl (C=O) groups is 1. The molecular formula is C36H41ClFN5O4S. The third-order valence-electron chi connectivity index (χ3n) is 10.9. The molecule has 1 amide bonds. The molecule has 3 aliphatic heterocycles. The molecule has 1 aromatic heterocycles. The average molecular weight is 694 g/mol. The number of aromatic nitrogens is 2. The van der Waals surface area contributed by atoms with E-state index in [1.165, 1.54) is 42.6 Å². The van der Waals surface area contributed by atoms with Crippen molar-refractivity contribution in [2.75, 3.05) is 26.2 Å². The lowest BCUT2D eigenvalue weighted by Crippen LogP contribution is -2.49. The van der Waals surface area contributed by atoms with Crippen LogP contribution >= 0.6 is 11.6 Å². The number of nitrogens with zero attached hydrogens (tertiary/aromatic N) is 4. The number of primary sulfonamides is 1. The number of fused-ring (bicyclic) bond motifs is 3. The van der Waals surface area contributed by atoms with E-state index in [9.17, 15) is 17.6 Å². The Kier molecular flexibility index (Phi) is 8.99. The SMILES string of the molecule is Cc1nc2ccccc2n1C1CC2CCC(C1)N2CCC1(c2cccc(F)c2)CCN(C(=O)COc2cc(S(N)(=O)=O)ccc2Cl)CC1. The number of rotatable bonds is 9. The second kappa shape index (κ2) is 13.1. The molecule has 0 radical (unpaired) electrons. The van der Waals surface area contributed by atoms with Crippen molar-refractivity contribution in [1.82, 2.24) is 19.4 Å². The van der Waals surface area contributed by atoms with Gasteiger partial charge in [0.2, 0.25) is 10.0 Å². The van der Waals surface area contributed by atoms with Crippen molar-refractivity contribution in [2.45, 2.75) is 80.3 Å². The fourth-order valence-electron chi connectivity index (χ4n) is 8.48. The Labute approximate surface area is 285 Å². The molecule has 2 atom stereocenters. The largest absolute Gasteiger partial charge is 0.482 e. The Balaban J connectivity index is 1.02. The Bertz CT molecular complexity index is 1930. The van der Waals surface area contributed by atoms with Gasteiger partial charge in [0.1, 0.15) is 17.4 Å². The van der Waals surface area contributed by atoms with E-state index < -0.39 is 10.0 Å². The van der Waals surface area contributed by atoms with Crippen LogP contribution in [0, 0.1) is 12.7 Å². The Morgan fingerprint density at radius 2 is 1.75 bits per heavy atom. The van der Waals surface area contributed by atoms with Gasteiger partial charge in [-0.05, 0) is 106 Å². The number of sulfonamides is 1. The number of halogens is 2. The van der Waals surface area contributed by atoms with Gasteiger partial charge in [-0.1, -0.05) is 35.9 Å². The lowest BCUT2D eigenvalue weighted by atomic mass is 9.70. The first-order valence-corrected chi connectivity index (χ1v) is 18.6. The topological polar surface area (TPSA) is 111 Å². The van der Waals surface area contributed by atoms with Gasteiger partial charge in [0.15, 0.2) is 6.61 Å². The first-order chi connectivity index (χ1) is 23.0. The standard InChI is InChI=1S/C36H41ClFN5O4S/c1-24-40-32-7-2-3-8-33(32)43(24)29-20-27-9-10-28(21-29)42(27)18-15-36(25-5-4-6-26(38)19-25)13-16-41(17-14-36)35(44)23-47-34-22-30(48(39,45)46)11-12-31(34)37/h2-8,11-12,19,22,27-29H,9-10,13-18,20-21,23H2,1H3,(H2,39,45,46). The highest BCUT2D eigenvalue weighted by atomic mass is 35.5. The van der Waals surface area contributed by atoms with Crippen LogP contribution in [0.4, 0.5) is 4.39 Å². The molecule has 3 fully saturated rings. The first-order valence-electron chi connectivity index (χ1n) is 16.7. The van der Waals surface area contributed by atoms with Gasteiger partial charge in [-0.15, -0.1) is 0 Å². The summed E-state index contributed by atoms with van der Waals surface area (Å²) in [7, 11) is -3.95. The van der Waals surface area contributed by atoms with Crippen LogP contribution in [0.25, 0.3) is 11.0 Å². The van der Waals surface area contributed by atoms with Crippen molar-refractivity contribution in [3.63, 3.8) is 0 Å². The van der Waals surface area contributed by atoms with Crippen molar-refractivity contribution in [1.29, 1.82) is 0 Å². The zero-order valence-electron chi connectivity index (χ0n) is 27.0. The summed E-state index contributed by atoms with van der Waals surface area (Å²) in [6.07, 6.45) is 6.86. The van der Waals surface area contributed by atoms with E-state index in [4.69, 9.17) is 26.5 Å². The maximum absolute atomic E-state index is 14.6. The summed E-state index contributed by atoms with van der Waals surface area (Å²) in [5.74, 6) is 0.687. The quantitative estimate of drug-likeness (QED) is 0.231. The Morgan fingerprint density at radius 3 is 2.46 bits per heavy atom. The molecular weight excluding hydrogens is 653 g/mol. The van der Waals surface area contributed by atoms with E-state index in [2.05, 4.69) is 34.6 Å². The third kappa shape index (κ3) is 6.45. The lowest BCUT2D eigenvalue weighted by Gasteiger charge is -2.45. The van der Waals surface area contributed by atoms with Crippen molar-refractivity contribution < 1.29 is 22.3 Å². The molecule has 12 heteroatoms. The van der Waals surface area contributed by atoms with Gasteiger partial charge < -0.3 is 14.2 Å². The van der Waals surface area contributed by atoms with Crippen molar-refractivity contribution in [3.05, 3.63) is 89.0 Å². The lowest BCUT2D eigenvalue weighted by molar-refractivity contribution is -0.135. The fourth-order valence-corrected chi connectivity index (χ4v) is 9.18. The maximum Gasteiger partial charge on any atom is 0.260 e. The van der Waals surface area contributed by atoms with Crippen LogP contribution in [-0.4, -0.2) is 72.0 Å². The predicted octanol–water partition coefficient (Wildman–Crippen LogP) is 5.98. The summed E-state index contributed by atoms with van der Waals surface area (Å²) in [5, 5.41) is 5.43. The van der Waals surface area contributed by atoms with E-state index in [1.807, 2.05) is 12.1 Å². The molecule has 0 saturated carbocycles. The summed E-state index contributed by atoms with van der Waals surface area (Å²) in [6.45, 7) is 3.77. The molecule has 4 aromatic rings. The normalized spacial score (nSPS) is 22.7. The summed E-state index contributed by atoms with van der Waals surface area (Å²) in [5.41, 5.74) is 2.99. The Morgan fingerprint density at radius 1 is 1.02 bits per heavy atom. The maximum atomic E-state index is 14.6. The number of piperidine rings is 2. The van der Waals surface area contributed by atoms with Crippen LogP contribution in [0.15, 0.2) is 71.6 Å². The molecule has 9 nitrogen and oxygen atoms in total. The smallest absolute Gasteiger partial charge is 0.260 e. The van der Waals surface area contributed by atoms with Crippen LogP contribution in [0.5, 0.6) is 5.75 Å². The van der Waals surface area contributed by atoms with Crippen LogP contribution in [-0.2, 0) is 20.2 Å². The average Bonchev–Trinajstić information content (AvgIpc) is 3.53. The van der Waals surface area contributed by atoms with E-state index in [0.29, 0.717) is 44.1 Å². The van der Waals surface area contributed by atoms with Crippen molar-refractivity contribution in [2.24, 2.45) is 5.14 Å². The summed E-state index contributed by atoms with van der Waals surface area (Å²) in [4.78, 5) is 22.4. The predicted molar refractivity (Wildman–Crippen MR) is 183 cm³/mol. The number of nitrogens with two attached hydrogens (primary N) is 1. The third-order valence-corrected chi connectivity index (χ3v) is 12.2. The number of imidazole rings is 1. The number of ether oxygens (including phenoxy) is 1. The molecule has 2 N–H and O–H groups in total. The van der Waals surface area contributed by atoms with Gasteiger partial charge in [-0.3, -0.25) is 9.69 Å². The molecule has 4 heterocycles. The highest BCUT2D eigenvalue weighted by Gasteiger charge is 2.44. The number of hydrogen-bond acceptors (Lipinski definition) is 6. The van der Waals surface area contributed by atoms with Crippen LogP contribution < -0.4 is 9.88 Å². The van der Waals surface area contributed by atoms with Gasteiger partial charge >= 0.3 is 0 Å². The molecule has 254 valence electrons. The molecule has 3 aromatic carbocycles. The van der Waals surface area contributed by atoms with Crippen molar-refractivity contribution in [3.8, 4) is 5.75 Å². The zero-order chi connectivity index (χ0) is 33.6. The highest BCUT2D eigenvalue weighted by Crippen LogP contribution is 2.45. The van der Waals surface area contributed by atoms with Crippen LogP contribution in [0.1, 0.15) is 62.4 Å². The fraction of sp³-hybridized carbons (Fsp3) is 0.444. The molecule has 2 bridgehead atoms.